The molecule has 0 aliphatic carbocycles. The summed E-state index contributed by atoms with van der Waals surface area (Å²) in [7, 11) is 0. The Hall–Kier alpha value is -3.02. The summed E-state index contributed by atoms with van der Waals surface area (Å²) in [5.74, 6) is 3.52. The van der Waals surface area contributed by atoms with Crippen molar-refractivity contribution < 1.29 is 19.2 Å². The first-order valence-electron chi connectivity index (χ1n) is 8.24. The van der Waals surface area contributed by atoms with Crippen molar-refractivity contribution >= 4 is 23.6 Å². The zero-order chi connectivity index (χ0) is 18.7. The van der Waals surface area contributed by atoms with E-state index in [1.165, 1.54) is 0 Å². The third kappa shape index (κ3) is 3.22. The van der Waals surface area contributed by atoms with E-state index in [-0.39, 0.29) is 24.9 Å². The van der Waals surface area contributed by atoms with Gasteiger partial charge in [-0.25, -0.2) is 0 Å². The molecule has 4 amide bonds. The van der Waals surface area contributed by atoms with Crippen molar-refractivity contribution in [2.24, 2.45) is 5.73 Å². The fourth-order valence-electron chi connectivity index (χ4n) is 3.13. The minimum Gasteiger partial charge on any atom is -0.320 e. The van der Waals surface area contributed by atoms with E-state index in [1.807, 2.05) is 0 Å². The van der Waals surface area contributed by atoms with Crippen LogP contribution in [0.1, 0.15) is 39.1 Å². The van der Waals surface area contributed by atoms with Gasteiger partial charge in [0.1, 0.15) is 6.04 Å². The van der Waals surface area contributed by atoms with Gasteiger partial charge >= 0.3 is 0 Å². The van der Waals surface area contributed by atoms with Crippen LogP contribution in [0.4, 0.5) is 0 Å². The molecule has 4 N–H and O–H groups in total. The van der Waals surface area contributed by atoms with Gasteiger partial charge < -0.3 is 11.1 Å². The molecular weight excluding hydrogens is 336 g/mol. The molecule has 8 nitrogen and oxygen atoms in total. The molecule has 0 aromatic heterocycles. The molecule has 0 spiro atoms. The fraction of sp³-hybridized carbons (Fsp3) is 0.333. The first-order chi connectivity index (χ1) is 12.5. The third-order valence-electron chi connectivity index (χ3n) is 4.31. The number of imide groups is 2. The summed E-state index contributed by atoms with van der Waals surface area (Å²) in [5.41, 5.74) is 6.51. The lowest BCUT2D eigenvalue weighted by molar-refractivity contribution is -0.136. The van der Waals surface area contributed by atoms with Crippen molar-refractivity contribution in [3.05, 3.63) is 34.9 Å². The summed E-state index contributed by atoms with van der Waals surface area (Å²) in [6.45, 7) is 1.03. The molecular formula is C18H18N4O4. The van der Waals surface area contributed by atoms with Crippen molar-refractivity contribution in [2.75, 3.05) is 13.1 Å². The summed E-state index contributed by atoms with van der Waals surface area (Å²) in [6, 6.07) is 4.05. The van der Waals surface area contributed by atoms with Crippen molar-refractivity contribution in [3.63, 3.8) is 0 Å². The van der Waals surface area contributed by atoms with Gasteiger partial charge in [-0.2, -0.15) is 0 Å². The molecule has 0 saturated carbocycles. The number of rotatable bonds is 4. The average molecular weight is 354 g/mol. The van der Waals surface area contributed by atoms with Gasteiger partial charge in [-0.15, -0.1) is 0 Å². The number of carbonyl (C=O) groups excluding carboxylic acids is 4. The molecule has 0 bridgehead atoms. The van der Waals surface area contributed by atoms with Crippen molar-refractivity contribution in [3.8, 4) is 11.8 Å². The van der Waals surface area contributed by atoms with E-state index in [9.17, 15) is 19.2 Å². The first kappa shape index (κ1) is 17.8. The number of hydrogen-bond acceptors (Lipinski definition) is 6. The molecule has 1 aromatic carbocycles. The lowest BCUT2D eigenvalue weighted by atomic mass is 10.0. The topological polar surface area (TPSA) is 122 Å². The molecule has 1 fully saturated rings. The minimum absolute atomic E-state index is 0.0953. The predicted molar refractivity (Wildman–Crippen MR) is 91.7 cm³/mol. The lowest BCUT2D eigenvalue weighted by Gasteiger charge is -2.27. The standard InChI is InChI=1S/C18H18N4O4/c19-8-1-2-9-20-10-11-4-3-5-12-15(11)18(26)22(17(12)25)13-6-7-14(23)21-16(13)24/h3-5,13,20H,6-10,19H2,(H,21,23,24). The first-order valence-corrected chi connectivity index (χ1v) is 8.24. The summed E-state index contributed by atoms with van der Waals surface area (Å²) >= 11 is 0. The van der Waals surface area contributed by atoms with Crippen molar-refractivity contribution in [1.82, 2.24) is 15.5 Å². The normalized spacial score (nSPS) is 19.1. The van der Waals surface area contributed by atoms with Crippen LogP contribution >= 0.6 is 0 Å². The summed E-state index contributed by atoms with van der Waals surface area (Å²) in [5, 5.41) is 5.26. The quantitative estimate of drug-likeness (QED) is 0.367. The Morgan fingerprint density at radius 1 is 1.19 bits per heavy atom. The van der Waals surface area contributed by atoms with Crippen LogP contribution in [-0.4, -0.2) is 47.7 Å². The van der Waals surface area contributed by atoms with E-state index >= 15 is 0 Å². The van der Waals surface area contributed by atoms with Crippen LogP contribution in [0.3, 0.4) is 0 Å². The van der Waals surface area contributed by atoms with E-state index in [4.69, 9.17) is 5.73 Å². The predicted octanol–water partition coefficient (Wildman–Crippen LogP) is -0.861. The van der Waals surface area contributed by atoms with Crippen LogP contribution in [0.2, 0.25) is 0 Å². The number of nitrogens with one attached hydrogen (secondary N) is 2. The monoisotopic (exact) mass is 354 g/mol. The van der Waals surface area contributed by atoms with Crippen LogP contribution in [0.25, 0.3) is 0 Å². The van der Waals surface area contributed by atoms with Gasteiger partial charge in [0.2, 0.25) is 11.8 Å². The fourth-order valence-corrected chi connectivity index (χ4v) is 3.13. The number of hydrogen-bond donors (Lipinski definition) is 3. The van der Waals surface area contributed by atoms with Gasteiger partial charge in [0.15, 0.2) is 0 Å². The summed E-state index contributed by atoms with van der Waals surface area (Å²) in [6.07, 6.45) is 0.233. The Morgan fingerprint density at radius 3 is 2.73 bits per heavy atom. The smallest absolute Gasteiger partial charge is 0.262 e. The molecule has 1 saturated heterocycles. The van der Waals surface area contributed by atoms with Crippen LogP contribution in [-0.2, 0) is 16.1 Å². The highest BCUT2D eigenvalue weighted by molar-refractivity contribution is 6.24. The third-order valence-corrected chi connectivity index (χ3v) is 4.31. The molecule has 134 valence electrons. The van der Waals surface area contributed by atoms with E-state index < -0.39 is 29.7 Å². The largest absolute Gasteiger partial charge is 0.320 e. The Kier molecular flexibility index (Phi) is 5.11. The second kappa shape index (κ2) is 7.47. The molecule has 2 aliphatic heterocycles. The second-order valence-electron chi connectivity index (χ2n) is 5.95. The number of nitrogens with zero attached hydrogens (tertiary/aromatic N) is 1. The number of amides is 4. The SMILES string of the molecule is NCC#CCNCc1cccc2c1C(=O)N(C1CCC(=O)NC1=O)C2=O. The summed E-state index contributed by atoms with van der Waals surface area (Å²) < 4.78 is 0. The highest BCUT2D eigenvalue weighted by Gasteiger charge is 2.45. The van der Waals surface area contributed by atoms with E-state index in [0.717, 1.165) is 4.90 Å². The highest BCUT2D eigenvalue weighted by atomic mass is 16.2. The van der Waals surface area contributed by atoms with E-state index in [2.05, 4.69) is 22.5 Å². The maximum Gasteiger partial charge on any atom is 0.262 e. The van der Waals surface area contributed by atoms with Gasteiger partial charge in [0.25, 0.3) is 11.8 Å². The van der Waals surface area contributed by atoms with E-state index in [0.29, 0.717) is 24.2 Å². The van der Waals surface area contributed by atoms with Gasteiger partial charge in [-0.1, -0.05) is 24.0 Å². The highest BCUT2D eigenvalue weighted by Crippen LogP contribution is 2.29. The number of nitrogens with two attached hydrogens (primary N) is 1. The van der Waals surface area contributed by atoms with Crippen LogP contribution in [0.5, 0.6) is 0 Å². The Labute approximate surface area is 150 Å². The molecule has 2 heterocycles. The molecule has 1 unspecified atom stereocenters. The molecule has 0 radical (unpaired) electrons. The number of carbonyl (C=O) groups is 4. The minimum atomic E-state index is -0.962. The number of benzene rings is 1. The van der Waals surface area contributed by atoms with Gasteiger partial charge in [0, 0.05) is 13.0 Å². The maximum atomic E-state index is 12.9. The van der Waals surface area contributed by atoms with Gasteiger partial charge in [0.05, 0.1) is 24.2 Å². The van der Waals surface area contributed by atoms with Crippen LogP contribution in [0, 0.1) is 11.8 Å². The Balaban J connectivity index is 1.82. The molecule has 8 heteroatoms. The van der Waals surface area contributed by atoms with Crippen LogP contribution < -0.4 is 16.4 Å². The second-order valence-corrected chi connectivity index (χ2v) is 5.95. The lowest BCUT2D eigenvalue weighted by Crippen LogP contribution is -2.54. The van der Waals surface area contributed by atoms with Crippen LogP contribution in [0.15, 0.2) is 18.2 Å². The average Bonchev–Trinajstić information content (AvgIpc) is 2.87. The molecule has 2 aliphatic rings. The van der Waals surface area contributed by atoms with Gasteiger partial charge in [-0.05, 0) is 18.1 Å². The molecule has 1 atom stereocenters. The molecule has 3 rings (SSSR count). The molecule has 1 aromatic rings. The Bertz CT molecular complexity index is 852. The zero-order valence-corrected chi connectivity index (χ0v) is 14.0. The number of piperidine rings is 1. The summed E-state index contributed by atoms with van der Waals surface area (Å²) in [4.78, 5) is 49.9. The number of fused-ring (bicyclic) bond motifs is 1. The molecule has 26 heavy (non-hydrogen) atoms. The zero-order valence-electron chi connectivity index (χ0n) is 14.0. The van der Waals surface area contributed by atoms with Crippen molar-refractivity contribution in [1.29, 1.82) is 0 Å². The maximum absolute atomic E-state index is 12.9. The Morgan fingerprint density at radius 2 is 2.00 bits per heavy atom. The van der Waals surface area contributed by atoms with Crippen molar-refractivity contribution in [2.45, 2.75) is 25.4 Å². The van der Waals surface area contributed by atoms with E-state index in [1.54, 1.807) is 18.2 Å². The van der Waals surface area contributed by atoms with Gasteiger partial charge in [-0.3, -0.25) is 29.4 Å².